The van der Waals surface area contributed by atoms with Crippen LogP contribution in [-0.2, 0) is 10.0 Å². The molecule has 2 N–H and O–H groups in total. The van der Waals surface area contributed by atoms with Gasteiger partial charge in [-0.2, -0.15) is 5.10 Å². The number of sulfonamides is 1. The first-order valence-electron chi connectivity index (χ1n) is 7.56. The van der Waals surface area contributed by atoms with Gasteiger partial charge in [-0.05, 0) is 32.4 Å². The Labute approximate surface area is 137 Å². The number of aromatic nitrogens is 3. The zero-order valence-corrected chi connectivity index (χ0v) is 14.7. The van der Waals surface area contributed by atoms with Gasteiger partial charge in [-0.25, -0.2) is 13.4 Å². The summed E-state index contributed by atoms with van der Waals surface area (Å²) in [6, 6.07) is 3.52. The molecule has 0 saturated carbocycles. The average molecular weight is 337 g/mol. The first-order valence-corrected chi connectivity index (χ1v) is 9.05. The van der Waals surface area contributed by atoms with E-state index in [1.165, 1.54) is 6.20 Å². The molecule has 0 spiro atoms. The van der Waals surface area contributed by atoms with Crippen LogP contribution in [0, 0.1) is 13.8 Å². The van der Waals surface area contributed by atoms with Crippen LogP contribution in [0.25, 0.3) is 0 Å². The van der Waals surface area contributed by atoms with Crippen LogP contribution in [0.4, 0.5) is 11.5 Å². The molecular weight excluding hydrogens is 314 g/mol. The maximum absolute atomic E-state index is 12.5. The number of aromatic amines is 1. The summed E-state index contributed by atoms with van der Waals surface area (Å²) in [5, 5.41) is 6.60. The molecular formula is C15H23N5O2S. The topological polar surface area (TPSA) is 91.0 Å². The predicted octanol–water partition coefficient (Wildman–Crippen LogP) is 2.46. The number of nitrogens with one attached hydrogen (secondary N) is 2. The number of aryl methyl sites for hydroxylation is 2. The second-order valence-corrected chi connectivity index (χ2v) is 7.17. The number of hydrogen-bond acceptors (Lipinski definition) is 5. The monoisotopic (exact) mass is 337 g/mol. The molecule has 126 valence electrons. The van der Waals surface area contributed by atoms with Gasteiger partial charge in [0.05, 0.1) is 23.3 Å². The molecule has 0 saturated heterocycles. The first kappa shape index (κ1) is 17.3. The third-order valence-electron chi connectivity index (χ3n) is 3.57. The number of rotatable bonds is 7. The molecule has 0 bridgehead atoms. The summed E-state index contributed by atoms with van der Waals surface area (Å²) in [6.07, 6.45) is 3.73. The minimum atomic E-state index is -3.68. The van der Waals surface area contributed by atoms with Gasteiger partial charge in [-0.15, -0.1) is 0 Å². The van der Waals surface area contributed by atoms with Crippen molar-refractivity contribution in [1.29, 1.82) is 0 Å². The summed E-state index contributed by atoms with van der Waals surface area (Å²) < 4.78 is 27.5. The fourth-order valence-electron chi connectivity index (χ4n) is 2.32. The van der Waals surface area contributed by atoms with Gasteiger partial charge in [-0.3, -0.25) is 9.82 Å². The van der Waals surface area contributed by atoms with Gasteiger partial charge >= 0.3 is 0 Å². The lowest BCUT2D eigenvalue weighted by atomic mass is 10.3. The van der Waals surface area contributed by atoms with Crippen molar-refractivity contribution in [2.24, 2.45) is 0 Å². The fourth-order valence-corrected chi connectivity index (χ4v) is 3.74. The summed E-state index contributed by atoms with van der Waals surface area (Å²) >= 11 is 0. The molecule has 0 aliphatic carbocycles. The Kier molecular flexibility index (Phi) is 5.25. The van der Waals surface area contributed by atoms with Crippen molar-refractivity contribution in [3.05, 3.63) is 29.7 Å². The minimum Gasteiger partial charge on any atom is -0.360 e. The van der Waals surface area contributed by atoms with Crippen molar-refractivity contribution < 1.29 is 8.42 Å². The Morgan fingerprint density at radius 1 is 1.30 bits per heavy atom. The zero-order chi connectivity index (χ0) is 17.0. The van der Waals surface area contributed by atoms with Gasteiger partial charge in [0.25, 0.3) is 10.0 Å². The highest BCUT2D eigenvalue weighted by Crippen LogP contribution is 2.21. The second-order valence-electron chi connectivity index (χ2n) is 5.55. The van der Waals surface area contributed by atoms with E-state index in [-0.39, 0.29) is 4.90 Å². The van der Waals surface area contributed by atoms with E-state index in [1.54, 1.807) is 19.9 Å². The number of nitrogens with zero attached hydrogens (tertiary/aromatic N) is 3. The van der Waals surface area contributed by atoms with E-state index in [9.17, 15) is 8.42 Å². The Balaban J connectivity index is 2.15. The SMILES string of the molecule is CCCCN(C)c1ccc(NS(=O)(=O)c2c(C)n[nH]c2C)cn1. The molecule has 0 aliphatic rings. The number of unbranched alkanes of at least 4 members (excludes halogenated alkanes) is 1. The van der Waals surface area contributed by atoms with Gasteiger partial charge in [0, 0.05) is 13.6 Å². The highest BCUT2D eigenvalue weighted by molar-refractivity contribution is 7.92. The van der Waals surface area contributed by atoms with Crippen LogP contribution < -0.4 is 9.62 Å². The van der Waals surface area contributed by atoms with E-state index in [1.807, 2.05) is 18.0 Å². The molecule has 23 heavy (non-hydrogen) atoms. The van der Waals surface area contributed by atoms with Crippen molar-refractivity contribution >= 4 is 21.5 Å². The maximum atomic E-state index is 12.5. The molecule has 0 aromatic carbocycles. The Bertz CT molecular complexity index is 733. The summed E-state index contributed by atoms with van der Waals surface area (Å²) in [4.78, 5) is 6.55. The zero-order valence-electron chi connectivity index (χ0n) is 13.9. The van der Waals surface area contributed by atoms with Gasteiger partial charge in [0.2, 0.25) is 0 Å². The van der Waals surface area contributed by atoms with Crippen LogP contribution in [0.1, 0.15) is 31.2 Å². The average Bonchev–Trinajstić information content (AvgIpc) is 2.85. The molecule has 2 aromatic rings. The lowest BCUT2D eigenvalue weighted by Gasteiger charge is -2.18. The van der Waals surface area contributed by atoms with Crippen LogP contribution in [0.3, 0.4) is 0 Å². The molecule has 0 fully saturated rings. The van der Waals surface area contributed by atoms with Crippen LogP contribution in [-0.4, -0.2) is 37.2 Å². The molecule has 2 heterocycles. The fraction of sp³-hybridized carbons (Fsp3) is 0.467. The van der Waals surface area contributed by atoms with Crippen molar-refractivity contribution in [1.82, 2.24) is 15.2 Å². The quantitative estimate of drug-likeness (QED) is 0.810. The van der Waals surface area contributed by atoms with E-state index >= 15 is 0 Å². The van der Waals surface area contributed by atoms with Crippen molar-refractivity contribution in [2.75, 3.05) is 23.2 Å². The lowest BCUT2D eigenvalue weighted by molar-refractivity contribution is 0.600. The third-order valence-corrected chi connectivity index (χ3v) is 5.21. The normalized spacial score (nSPS) is 11.5. The molecule has 2 rings (SSSR count). The van der Waals surface area contributed by atoms with E-state index in [4.69, 9.17) is 0 Å². The Hall–Kier alpha value is -2.09. The van der Waals surface area contributed by atoms with E-state index in [0.717, 1.165) is 25.2 Å². The van der Waals surface area contributed by atoms with Crippen LogP contribution in [0.2, 0.25) is 0 Å². The van der Waals surface area contributed by atoms with Crippen LogP contribution in [0.5, 0.6) is 0 Å². The maximum Gasteiger partial charge on any atom is 0.265 e. The van der Waals surface area contributed by atoms with Crippen molar-refractivity contribution in [3.8, 4) is 0 Å². The van der Waals surface area contributed by atoms with Crippen molar-refractivity contribution in [2.45, 2.75) is 38.5 Å². The molecule has 7 nitrogen and oxygen atoms in total. The second kappa shape index (κ2) is 6.99. The van der Waals surface area contributed by atoms with E-state index in [2.05, 4.69) is 26.8 Å². The predicted molar refractivity (Wildman–Crippen MR) is 91.3 cm³/mol. The van der Waals surface area contributed by atoms with E-state index in [0.29, 0.717) is 17.1 Å². The van der Waals surface area contributed by atoms with Crippen LogP contribution in [0.15, 0.2) is 23.2 Å². The smallest absolute Gasteiger partial charge is 0.265 e. The van der Waals surface area contributed by atoms with Gasteiger partial charge in [-0.1, -0.05) is 13.3 Å². The third kappa shape index (κ3) is 4.01. The van der Waals surface area contributed by atoms with Crippen molar-refractivity contribution in [3.63, 3.8) is 0 Å². The van der Waals surface area contributed by atoms with Gasteiger partial charge in [0.1, 0.15) is 10.7 Å². The molecule has 0 radical (unpaired) electrons. The lowest BCUT2D eigenvalue weighted by Crippen LogP contribution is -2.19. The van der Waals surface area contributed by atoms with E-state index < -0.39 is 10.0 Å². The molecule has 0 amide bonds. The van der Waals surface area contributed by atoms with Crippen LogP contribution >= 0.6 is 0 Å². The number of hydrogen-bond donors (Lipinski definition) is 2. The summed E-state index contributed by atoms with van der Waals surface area (Å²) in [7, 11) is -1.70. The molecule has 0 aliphatic heterocycles. The molecule has 0 atom stereocenters. The summed E-state index contributed by atoms with van der Waals surface area (Å²) in [5.41, 5.74) is 1.38. The van der Waals surface area contributed by atoms with Gasteiger partial charge in [0.15, 0.2) is 0 Å². The molecule has 8 heteroatoms. The highest BCUT2D eigenvalue weighted by Gasteiger charge is 2.22. The van der Waals surface area contributed by atoms with Gasteiger partial charge < -0.3 is 4.90 Å². The number of pyridine rings is 1. The standard InChI is InChI=1S/C15H23N5O2S/c1-5-6-9-20(4)14-8-7-13(10-16-14)19-23(21,22)15-11(2)17-18-12(15)3/h7-8,10,19H,5-6,9H2,1-4H3,(H,17,18). The highest BCUT2D eigenvalue weighted by atomic mass is 32.2. The number of anilines is 2. The summed E-state index contributed by atoms with van der Waals surface area (Å²) in [5.74, 6) is 0.817. The molecule has 2 aromatic heterocycles. The Morgan fingerprint density at radius 2 is 2.04 bits per heavy atom. The minimum absolute atomic E-state index is 0.182. The largest absolute Gasteiger partial charge is 0.360 e. The Morgan fingerprint density at radius 3 is 2.57 bits per heavy atom. The summed E-state index contributed by atoms with van der Waals surface area (Å²) in [6.45, 7) is 6.39. The number of H-pyrrole nitrogens is 1. The first-order chi connectivity index (χ1) is 10.8. The molecule has 0 unspecified atom stereocenters.